The van der Waals surface area contributed by atoms with Crippen LogP contribution in [0.15, 0.2) is 0 Å². The summed E-state index contributed by atoms with van der Waals surface area (Å²) in [5, 5.41) is 0. The molecule has 0 fully saturated rings. The van der Waals surface area contributed by atoms with Crippen LogP contribution in [0.5, 0.6) is 0 Å². The van der Waals surface area contributed by atoms with Gasteiger partial charge < -0.3 is 0 Å². The van der Waals surface area contributed by atoms with Gasteiger partial charge in [0.1, 0.15) is 4.32 Å². The summed E-state index contributed by atoms with van der Waals surface area (Å²) in [5.41, 5.74) is 0. The maximum absolute atomic E-state index is 5.18. The average Bonchev–Trinajstić information content (AvgIpc) is 1.83. The van der Waals surface area contributed by atoms with E-state index < -0.39 is 0 Å². The predicted octanol–water partition coefficient (Wildman–Crippen LogP) is 2.16. The minimum Gasteiger partial charge on any atom is -0.283 e. The van der Waals surface area contributed by atoms with Crippen LogP contribution in [0.1, 0.15) is 13.3 Å². The Balaban J connectivity index is 2.99. The first kappa shape index (κ1) is 8.53. The van der Waals surface area contributed by atoms with E-state index in [-0.39, 0.29) is 0 Å². The van der Waals surface area contributed by atoms with Crippen molar-refractivity contribution in [1.82, 2.24) is 4.84 Å². The van der Waals surface area contributed by atoms with Gasteiger partial charge in [-0.3, -0.25) is 4.84 Å². The maximum Gasteiger partial charge on any atom is 0.148 e. The van der Waals surface area contributed by atoms with Crippen molar-refractivity contribution in [2.75, 3.05) is 5.75 Å². The molecule has 0 aliphatic carbocycles. The lowest BCUT2D eigenvalue weighted by molar-refractivity contribution is 1.11. The molecule has 0 unspecified atom stereocenters. The Labute approximate surface area is 64.3 Å². The lowest BCUT2D eigenvalue weighted by atomic mass is 10.6. The van der Waals surface area contributed by atoms with Crippen LogP contribution in [-0.2, 0) is 0 Å². The highest BCUT2D eigenvalue weighted by molar-refractivity contribution is 8.23. The zero-order valence-electron chi connectivity index (χ0n) is 4.61. The second kappa shape index (κ2) is 5.66. The number of thiocarbonyl (C=S) groups is 1. The summed E-state index contributed by atoms with van der Waals surface area (Å²) in [4.78, 5) is 2.37. The molecule has 0 heterocycles. The monoisotopic (exact) mass is 169 g/mol. The van der Waals surface area contributed by atoms with Crippen LogP contribution in [0.4, 0.5) is 0 Å². The van der Waals surface area contributed by atoms with E-state index >= 15 is 0 Å². The zero-order valence-corrected chi connectivity index (χ0v) is 7.00. The Kier molecular flexibility index (Phi) is 6.04. The molecule has 4 heteroatoms. The van der Waals surface area contributed by atoms with E-state index in [9.17, 15) is 0 Å². The Morgan fingerprint density at radius 3 is 2.88 bits per heavy atom. The first-order valence-electron chi connectivity index (χ1n) is 2.34. The fourth-order valence-corrected chi connectivity index (χ4v) is 1.08. The molecule has 0 bridgehead atoms. The Morgan fingerprint density at radius 1 is 1.88 bits per heavy atom. The highest BCUT2D eigenvalue weighted by Gasteiger charge is 1.89. The van der Waals surface area contributed by atoms with Crippen LogP contribution in [0.3, 0.4) is 0 Å². The van der Waals surface area contributed by atoms with E-state index in [0.29, 0.717) is 4.32 Å². The van der Waals surface area contributed by atoms with Crippen molar-refractivity contribution in [3.05, 3.63) is 0 Å². The third-order valence-corrected chi connectivity index (χ3v) is 2.36. The molecule has 0 aliphatic rings. The molecule has 48 valence electrons. The van der Waals surface area contributed by atoms with Crippen LogP contribution in [0.2, 0.25) is 0 Å². The number of nitrogens with one attached hydrogen (secondary N) is 1. The minimum atomic E-state index is 0.661. The molecule has 0 aromatic rings. The fraction of sp³-hybridized carbons (Fsp3) is 0.750. The van der Waals surface area contributed by atoms with Gasteiger partial charge in [0, 0.05) is 17.5 Å². The average molecular weight is 170 g/mol. The van der Waals surface area contributed by atoms with Crippen LogP contribution in [-0.4, -0.2) is 10.1 Å². The van der Waals surface area contributed by atoms with Gasteiger partial charge in [-0.05, 0) is 6.42 Å². The normalized spacial score (nSPS) is 8.75. The van der Waals surface area contributed by atoms with Gasteiger partial charge in [0.2, 0.25) is 0 Å². The summed E-state index contributed by atoms with van der Waals surface area (Å²) in [7, 11) is 0. The van der Waals surface area contributed by atoms with Crippen molar-refractivity contribution >= 4 is 40.1 Å². The molecule has 0 aliphatic heterocycles. The Morgan fingerprint density at radius 2 is 2.50 bits per heavy atom. The van der Waals surface area contributed by atoms with Gasteiger partial charge in [0.25, 0.3) is 0 Å². The molecule has 1 N–H and O–H groups in total. The highest BCUT2D eigenvalue weighted by Crippen LogP contribution is 2.03. The van der Waals surface area contributed by atoms with E-state index in [1.54, 1.807) is 11.8 Å². The maximum atomic E-state index is 5.18. The molecule has 0 aromatic carbocycles. The van der Waals surface area contributed by atoms with Crippen LogP contribution in [0.25, 0.3) is 0 Å². The number of hydrogen-bond donors (Lipinski definition) is 1. The topological polar surface area (TPSA) is 12.0 Å². The lowest BCUT2D eigenvalue weighted by Gasteiger charge is -1.95. The third kappa shape index (κ3) is 4.68. The van der Waals surface area contributed by atoms with E-state index in [0.717, 1.165) is 12.2 Å². The molecule has 0 amide bonds. The van der Waals surface area contributed by atoms with Gasteiger partial charge in [0.15, 0.2) is 0 Å². The highest BCUT2D eigenvalue weighted by atomic mass is 35.5. The first-order valence-corrected chi connectivity index (χ1v) is 4.11. The van der Waals surface area contributed by atoms with E-state index in [1.165, 1.54) is 0 Å². The molecule has 0 rings (SSSR count). The molecule has 0 atom stereocenters. The minimum absolute atomic E-state index is 0.661. The Hall–Kier alpha value is 0.530. The van der Waals surface area contributed by atoms with Crippen molar-refractivity contribution < 1.29 is 0 Å². The number of thioether (sulfide) groups is 1. The van der Waals surface area contributed by atoms with Crippen molar-refractivity contribution in [3.8, 4) is 0 Å². The van der Waals surface area contributed by atoms with Gasteiger partial charge in [-0.15, -0.1) is 0 Å². The molecule has 0 saturated heterocycles. The van der Waals surface area contributed by atoms with Gasteiger partial charge in [0.05, 0.1) is 0 Å². The molecule has 8 heavy (non-hydrogen) atoms. The van der Waals surface area contributed by atoms with Crippen LogP contribution >= 0.6 is 35.8 Å². The quantitative estimate of drug-likeness (QED) is 0.503. The van der Waals surface area contributed by atoms with Gasteiger partial charge in [-0.25, -0.2) is 0 Å². The summed E-state index contributed by atoms with van der Waals surface area (Å²) < 4.78 is 0.661. The fourth-order valence-electron chi connectivity index (χ4n) is 0.222. The molecule has 0 radical (unpaired) electrons. The van der Waals surface area contributed by atoms with E-state index in [1.807, 2.05) is 0 Å². The van der Waals surface area contributed by atoms with Gasteiger partial charge >= 0.3 is 0 Å². The van der Waals surface area contributed by atoms with Crippen molar-refractivity contribution in [2.45, 2.75) is 13.3 Å². The van der Waals surface area contributed by atoms with E-state index in [2.05, 4.69) is 11.8 Å². The smallest absolute Gasteiger partial charge is 0.148 e. The molecule has 1 nitrogen and oxygen atoms in total. The Bertz CT molecular complexity index is 76.4. The molecular formula is C4H8ClNS2. The second-order valence-electron chi connectivity index (χ2n) is 1.23. The molecular weight excluding hydrogens is 162 g/mol. The van der Waals surface area contributed by atoms with E-state index in [4.69, 9.17) is 24.0 Å². The number of hydrogen-bond acceptors (Lipinski definition) is 2. The second-order valence-corrected chi connectivity index (χ2v) is 3.19. The van der Waals surface area contributed by atoms with Crippen molar-refractivity contribution in [1.29, 1.82) is 0 Å². The standard InChI is InChI=1S/C4H8ClNS2/c1-2-3-8-4(7)6-5/h2-3H2,1H3,(H,6,7). The largest absolute Gasteiger partial charge is 0.283 e. The molecule has 0 aromatic heterocycles. The van der Waals surface area contributed by atoms with Gasteiger partial charge in [-0.2, -0.15) is 0 Å². The van der Waals surface area contributed by atoms with Gasteiger partial charge in [-0.1, -0.05) is 30.9 Å². The van der Waals surface area contributed by atoms with Crippen LogP contribution < -0.4 is 4.84 Å². The molecule has 0 saturated carbocycles. The summed E-state index contributed by atoms with van der Waals surface area (Å²) in [6.07, 6.45) is 1.13. The first-order chi connectivity index (χ1) is 3.81. The predicted molar refractivity (Wildman–Crippen MR) is 44.3 cm³/mol. The SMILES string of the molecule is CCCSC(=S)NCl. The van der Waals surface area contributed by atoms with Crippen molar-refractivity contribution in [3.63, 3.8) is 0 Å². The summed E-state index contributed by atoms with van der Waals surface area (Å²) in [5.74, 6) is 1.04. The number of halogens is 1. The zero-order chi connectivity index (χ0) is 6.41. The summed E-state index contributed by atoms with van der Waals surface area (Å²) >= 11 is 11.5. The third-order valence-electron chi connectivity index (χ3n) is 0.514. The summed E-state index contributed by atoms with van der Waals surface area (Å²) in [6.45, 7) is 2.10. The summed E-state index contributed by atoms with van der Waals surface area (Å²) in [6, 6.07) is 0. The lowest BCUT2D eigenvalue weighted by Crippen LogP contribution is -2.04. The van der Waals surface area contributed by atoms with Crippen LogP contribution in [0, 0.1) is 0 Å². The van der Waals surface area contributed by atoms with Crippen molar-refractivity contribution in [2.24, 2.45) is 0 Å². The number of rotatable bonds is 2. The molecule has 0 spiro atoms.